The predicted molar refractivity (Wildman–Crippen MR) is 102 cm³/mol. The van der Waals surface area contributed by atoms with Gasteiger partial charge >= 0.3 is 0 Å². The minimum absolute atomic E-state index is 0.0528. The summed E-state index contributed by atoms with van der Waals surface area (Å²) in [5.41, 5.74) is 1.13. The van der Waals surface area contributed by atoms with E-state index >= 15 is 0 Å². The van der Waals surface area contributed by atoms with Gasteiger partial charge in [0.2, 0.25) is 5.91 Å². The number of likely N-dealkylation sites (tertiary alicyclic amines) is 1. The lowest BCUT2D eigenvalue weighted by molar-refractivity contribution is -0.142. The molecule has 0 N–H and O–H groups in total. The fraction of sp³-hybridized carbons (Fsp3) is 0.500. The average molecular weight is 401 g/mol. The summed E-state index contributed by atoms with van der Waals surface area (Å²) < 4.78 is 42.4. The molecule has 2 fully saturated rings. The van der Waals surface area contributed by atoms with Crippen LogP contribution in [0.1, 0.15) is 38.2 Å². The molecule has 7 heteroatoms. The van der Waals surface area contributed by atoms with Crippen LogP contribution in [0.25, 0.3) is 5.70 Å². The Bertz CT molecular complexity index is 965. The topological polar surface area (TPSA) is 45.0 Å². The maximum absolute atomic E-state index is 14.3. The molecule has 1 amide bonds. The zero-order valence-corrected chi connectivity index (χ0v) is 16.2. The first-order chi connectivity index (χ1) is 13.9. The molecule has 1 aromatic carbocycles. The van der Waals surface area contributed by atoms with E-state index in [1.165, 1.54) is 18.2 Å². The SMILES string of the molecule is CC1=C2C=C(c3c(F)cccc3F)N=NC1[C@]1(C(=O)N3CCC(F)C3)CC[C@H]2C1. The van der Waals surface area contributed by atoms with E-state index in [4.69, 9.17) is 0 Å². The van der Waals surface area contributed by atoms with Crippen LogP contribution in [0.15, 0.2) is 45.6 Å². The van der Waals surface area contributed by atoms with Crippen molar-refractivity contribution in [1.82, 2.24) is 4.90 Å². The van der Waals surface area contributed by atoms with E-state index in [1.54, 1.807) is 11.0 Å². The number of alkyl halides is 1. The van der Waals surface area contributed by atoms with Crippen molar-refractivity contribution in [1.29, 1.82) is 0 Å². The maximum atomic E-state index is 14.3. The highest BCUT2D eigenvalue weighted by atomic mass is 19.1. The second-order valence-corrected chi connectivity index (χ2v) is 8.62. The van der Waals surface area contributed by atoms with Crippen LogP contribution in [0.3, 0.4) is 0 Å². The van der Waals surface area contributed by atoms with Crippen LogP contribution in [0, 0.1) is 23.0 Å². The van der Waals surface area contributed by atoms with Crippen LogP contribution in [0.4, 0.5) is 13.2 Å². The Labute approximate surface area is 167 Å². The lowest BCUT2D eigenvalue weighted by Crippen LogP contribution is -2.49. The molecule has 2 aliphatic heterocycles. The van der Waals surface area contributed by atoms with Crippen molar-refractivity contribution >= 4 is 11.6 Å². The van der Waals surface area contributed by atoms with Crippen molar-refractivity contribution in [3.8, 4) is 0 Å². The lowest BCUT2D eigenvalue weighted by Gasteiger charge is -2.40. The summed E-state index contributed by atoms with van der Waals surface area (Å²) >= 11 is 0. The zero-order chi connectivity index (χ0) is 20.3. The van der Waals surface area contributed by atoms with Crippen molar-refractivity contribution in [3.05, 3.63) is 52.6 Å². The molecule has 0 aromatic heterocycles. The molecule has 2 heterocycles. The normalized spacial score (nSPS) is 33.2. The third-order valence-corrected chi connectivity index (χ3v) is 7.01. The molecule has 4 atom stereocenters. The first-order valence-electron chi connectivity index (χ1n) is 10.1. The number of azo groups is 1. The van der Waals surface area contributed by atoms with Gasteiger partial charge in [0.15, 0.2) is 0 Å². The third-order valence-electron chi connectivity index (χ3n) is 7.01. The molecule has 2 unspecified atom stereocenters. The Morgan fingerprint density at radius 2 is 2.00 bits per heavy atom. The molecular formula is C22H22F3N3O. The molecule has 152 valence electrons. The number of benzene rings is 1. The van der Waals surface area contributed by atoms with Crippen molar-refractivity contribution in [3.63, 3.8) is 0 Å². The van der Waals surface area contributed by atoms with Crippen LogP contribution in [0.2, 0.25) is 0 Å². The summed E-state index contributed by atoms with van der Waals surface area (Å²) in [6.45, 7) is 2.49. The number of hydrogen-bond donors (Lipinski definition) is 0. The second-order valence-electron chi connectivity index (χ2n) is 8.62. The molecule has 4 nitrogen and oxygen atoms in total. The Balaban J connectivity index is 1.57. The highest BCUT2D eigenvalue weighted by Crippen LogP contribution is 2.57. The first kappa shape index (κ1) is 18.6. The number of nitrogens with zero attached hydrogens (tertiary/aromatic N) is 3. The van der Waals surface area contributed by atoms with E-state index in [9.17, 15) is 18.0 Å². The summed E-state index contributed by atoms with van der Waals surface area (Å²) in [4.78, 5) is 15.1. The van der Waals surface area contributed by atoms with Crippen molar-refractivity contribution in [2.75, 3.05) is 13.1 Å². The molecule has 1 saturated heterocycles. The molecule has 0 radical (unpaired) electrons. The van der Waals surface area contributed by atoms with E-state index in [-0.39, 0.29) is 29.6 Å². The van der Waals surface area contributed by atoms with E-state index in [2.05, 4.69) is 10.2 Å². The van der Waals surface area contributed by atoms with Gasteiger partial charge in [0.25, 0.3) is 0 Å². The molecule has 0 spiro atoms. The van der Waals surface area contributed by atoms with Gasteiger partial charge in [-0.2, -0.15) is 10.2 Å². The summed E-state index contributed by atoms with van der Waals surface area (Å²) in [7, 11) is 0. The quantitative estimate of drug-likeness (QED) is 0.700. The molecular weight excluding hydrogens is 379 g/mol. The monoisotopic (exact) mass is 401 g/mol. The number of hydrogen-bond acceptors (Lipinski definition) is 3. The van der Waals surface area contributed by atoms with Crippen LogP contribution in [-0.2, 0) is 4.79 Å². The minimum Gasteiger partial charge on any atom is -0.339 e. The highest BCUT2D eigenvalue weighted by molar-refractivity contribution is 5.86. The number of rotatable bonds is 2. The molecule has 1 aromatic rings. The van der Waals surface area contributed by atoms with Crippen molar-refractivity contribution in [2.45, 2.75) is 44.8 Å². The van der Waals surface area contributed by atoms with Gasteiger partial charge in [0.1, 0.15) is 23.8 Å². The standard InChI is InChI=1S/C22H22F3N3O/c1-12-15-9-18(19-16(24)3-2-4-17(19)25)26-27-20(12)22(7-5-13(15)10-22)21(29)28-8-6-14(23)11-28/h2-4,9,13-14,20H,5-8,10-11H2,1H3/t13-,14?,20?,22-/m0/s1. The van der Waals surface area contributed by atoms with E-state index in [1.807, 2.05) is 6.92 Å². The Hall–Kier alpha value is -2.44. The van der Waals surface area contributed by atoms with Gasteiger partial charge in [-0.25, -0.2) is 13.2 Å². The fourth-order valence-electron chi connectivity index (χ4n) is 5.60. The number of carbonyl (C=O) groups is 1. The minimum atomic E-state index is -0.976. The number of carbonyl (C=O) groups excluding carboxylic acids is 1. The van der Waals surface area contributed by atoms with E-state index < -0.39 is 29.3 Å². The largest absolute Gasteiger partial charge is 0.339 e. The van der Waals surface area contributed by atoms with Crippen LogP contribution in [0.5, 0.6) is 0 Å². The number of fused-ring (bicyclic) bond motifs is 5. The maximum Gasteiger partial charge on any atom is 0.231 e. The lowest BCUT2D eigenvalue weighted by atomic mass is 9.68. The van der Waals surface area contributed by atoms with Gasteiger partial charge < -0.3 is 4.90 Å². The van der Waals surface area contributed by atoms with Gasteiger partial charge in [0.05, 0.1) is 23.2 Å². The second kappa shape index (κ2) is 6.54. The number of allylic oxidation sites excluding steroid dienone is 2. The van der Waals surface area contributed by atoms with Gasteiger partial charge in [0, 0.05) is 6.54 Å². The Morgan fingerprint density at radius 3 is 2.69 bits per heavy atom. The van der Waals surface area contributed by atoms with Gasteiger partial charge in [-0.1, -0.05) is 6.07 Å². The Kier molecular flexibility index (Phi) is 4.19. The zero-order valence-electron chi connectivity index (χ0n) is 16.2. The van der Waals surface area contributed by atoms with Crippen LogP contribution in [-0.4, -0.2) is 36.1 Å². The summed E-state index contributed by atoms with van der Waals surface area (Å²) in [6, 6.07) is 3.23. The average Bonchev–Trinajstić information content (AvgIpc) is 3.27. The molecule has 5 rings (SSSR count). The van der Waals surface area contributed by atoms with Gasteiger partial charge in [-0.15, -0.1) is 0 Å². The van der Waals surface area contributed by atoms with Crippen molar-refractivity contribution < 1.29 is 18.0 Å². The van der Waals surface area contributed by atoms with Gasteiger partial charge in [-0.3, -0.25) is 4.79 Å². The molecule has 29 heavy (non-hydrogen) atoms. The Morgan fingerprint density at radius 1 is 1.24 bits per heavy atom. The number of amides is 1. The third kappa shape index (κ3) is 2.69. The fourth-order valence-corrected chi connectivity index (χ4v) is 5.60. The van der Waals surface area contributed by atoms with Crippen molar-refractivity contribution in [2.24, 2.45) is 21.6 Å². The summed E-state index contributed by atoms with van der Waals surface area (Å²) in [5.74, 6) is -1.31. The number of halogens is 3. The smallest absolute Gasteiger partial charge is 0.231 e. The molecule has 4 bridgehead atoms. The molecule has 2 aliphatic carbocycles. The van der Waals surface area contributed by atoms with Crippen LogP contribution < -0.4 is 0 Å². The van der Waals surface area contributed by atoms with Crippen LogP contribution >= 0.6 is 0 Å². The summed E-state index contributed by atoms with van der Waals surface area (Å²) in [6.07, 6.45) is 3.23. The van der Waals surface area contributed by atoms with Gasteiger partial charge in [-0.05, 0) is 67.9 Å². The van der Waals surface area contributed by atoms with E-state index in [0.717, 1.165) is 17.6 Å². The molecule has 1 saturated carbocycles. The summed E-state index contributed by atoms with van der Waals surface area (Å²) in [5, 5.41) is 8.67. The molecule has 4 aliphatic rings. The highest BCUT2D eigenvalue weighted by Gasteiger charge is 2.58. The first-order valence-corrected chi connectivity index (χ1v) is 10.1. The predicted octanol–water partition coefficient (Wildman–Crippen LogP) is 4.83. The van der Waals surface area contributed by atoms with E-state index in [0.29, 0.717) is 25.8 Å².